The van der Waals surface area contributed by atoms with Gasteiger partial charge in [-0.15, -0.1) is 0 Å². The molecule has 0 spiro atoms. The second-order valence-electron chi connectivity index (χ2n) is 6.00. The topological polar surface area (TPSA) is 20.3 Å². The molecule has 0 aliphatic heterocycles. The first-order valence-corrected chi connectivity index (χ1v) is 7.97. The van der Waals surface area contributed by atoms with E-state index in [-0.39, 0.29) is 11.9 Å². The number of hydrogen-bond acceptors (Lipinski definition) is 1. The van der Waals surface area contributed by atoms with Gasteiger partial charge in [0.2, 0.25) is 5.91 Å². The summed E-state index contributed by atoms with van der Waals surface area (Å²) in [5.41, 5.74) is 0.607. The smallest absolute Gasteiger partial charge is 0.332 e. The SMILES string of the molecule is CC(C)N(Cc1ccccc1)C(=O)/C=C/c1cccc(C(F)(F)F)c1. The normalized spacial score (nSPS) is 11.9. The van der Waals surface area contributed by atoms with Crippen molar-refractivity contribution in [3.05, 3.63) is 77.4 Å². The van der Waals surface area contributed by atoms with Gasteiger partial charge in [0.15, 0.2) is 0 Å². The molecule has 0 unspecified atom stereocenters. The molecule has 2 nitrogen and oxygen atoms in total. The van der Waals surface area contributed by atoms with Crippen LogP contribution in [-0.4, -0.2) is 16.8 Å². The summed E-state index contributed by atoms with van der Waals surface area (Å²) in [6, 6.07) is 14.4. The second kappa shape index (κ2) is 8.01. The molecule has 0 N–H and O–H groups in total. The van der Waals surface area contributed by atoms with E-state index in [2.05, 4.69) is 0 Å². The lowest BCUT2D eigenvalue weighted by Gasteiger charge is -2.25. The number of alkyl halides is 3. The van der Waals surface area contributed by atoms with Crippen molar-refractivity contribution < 1.29 is 18.0 Å². The summed E-state index contributed by atoms with van der Waals surface area (Å²) in [6.45, 7) is 4.25. The summed E-state index contributed by atoms with van der Waals surface area (Å²) >= 11 is 0. The number of carbonyl (C=O) groups excluding carboxylic acids is 1. The summed E-state index contributed by atoms with van der Waals surface area (Å²) in [5, 5.41) is 0. The van der Waals surface area contributed by atoms with Crippen molar-refractivity contribution in [3.63, 3.8) is 0 Å². The lowest BCUT2D eigenvalue weighted by atomic mass is 10.1. The fraction of sp³-hybridized carbons (Fsp3) is 0.250. The number of halogens is 3. The molecule has 0 saturated carbocycles. The molecule has 2 aromatic carbocycles. The van der Waals surface area contributed by atoms with Crippen LogP contribution in [0.2, 0.25) is 0 Å². The Labute approximate surface area is 145 Å². The Morgan fingerprint density at radius 3 is 2.36 bits per heavy atom. The maximum Gasteiger partial charge on any atom is 0.416 e. The number of amides is 1. The van der Waals surface area contributed by atoms with Crippen LogP contribution in [0, 0.1) is 0 Å². The Kier molecular flexibility index (Phi) is 6.02. The monoisotopic (exact) mass is 347 g/mol. The predicted octanol–water partition coefficient (Wildman–Crippen LogP) is 5.16. The standard InChI is InChI=1S/C20H20F3NO/c1-15(2)24(14-17-7-4-3-5-8-17)19(25)12-11-16-9-6-10-18(13-16)20(21,22)23/h3-13,15H,14H2,1-2H3/b12-11+. The third-order valence-corrected chi connectivity index (χ3v) is 3.73. The second-order valence-corrected chi connectivity index (χ2v) is 6.00. The van der Waals surface area contributed by atoms with Gasteiger partial charge in [-0.05, 0) is 43.2 Å². The molecule has 0 fully saturated rings. The van der Waals surface area contributed by atoms with Gasteiger partial charge < -0.3 is 4.90 Å². The molecule has 0 saturated heterocycles. The number of rotatable bonds is 5. The number of benzene rings is 2. The third-order valence-electron chi connectivity index (χ3n) is 3.73. The van der Waals surface area contributed by atoms with Crippen LogP contribution in [0.3, 0.4) is 0 Å². The van der Waals surface area contributed by atoms with E-state index in [0.29, 0.717) is 12.1 Å². The largest absolute Gasteiger partial charge is 0.416 e. The Morgan fingerprint density at radius 2 is 1.76 bits per heavy atom. The van der Waals surface area contributed by atoms with Gasteiger partial charge in [-0.1, -0.05) is 42.5 Å². The van der Waals surface area contributed by atoms with Crippen molar-refractivity contribution in [2.75, 3.05) is 0 Å². The van der Waals surface area contributed by atoms with Crippen LogP contribution in [0.4, 0.5) is 13.2 Å². The molecular weight excluding hydrogens is 327 g/mol. The maximum atomic E-state index is 12.7. The van der Waals surface area contributed by atoms with Crippen molar-refractivity contribution in [3.8, 4) is 0 Å². The van der Waals surface area contributed by atoms with Crippen molar-refractivity contribution in [2.24, 2.45) is 0 Å². The number of carbonyl (C=O) groups is 1. The third kappa shape index (κ3) is 5.48. The zero-order valence-electron chi connectivity index (χ0n) is 14.1. The molecule has 0 bridgehead atoms. The number of nitrogens with zero attached hydrogens (tertiary/aromatic N) is 1. The minimum Gasteiger partial charge on any atom is -0.332 e. The first kappa shape index (κ1) is 18.8. The molecule has 2 rings (SSSR count). The molecule has 0 aromatic heterocycles. The van der Waals surface area contributed by atoms with E-state index in [4.69, 9.17) is 0 Å². The van der Waals surface area contributed by atoms with E-state index < -0.39 is 11.7 Å². The van der Waals surface area contributed by atoms with Gasteiger partial charge >= 0.3 is 6.18 Å². The highest BCUT2D eigenvalue weighted by Gasteiger charge is 2.30. The highest BCUT2D eigenvalue weighted by atomic mass is 19.4. The van der Waals surface area contributed by atoms with Crippen LogP contribution in [0.5, 0.6) is 0 Å². The maximum absolute atomic E-state index is 12.7. The van der Waals surface area contributed by atoms with Gasteiger partial charge in [0.1, 0.15) is 0 Å². The molecule has 0 aliphatic rings. The van der Waals surface area contributed by atoms with Crippen LogP contribution in [0.25, 0.3) is 6.08 Å². The molecule has 25 heavy (non-hydrogen) atoms. The Bertz CT molecular complexity index is 736. The van der Waals surface area contributed by atoms with Gasteiger partial charge in [-0.25, -0.2) is 0 Å². The molecule has 0 heterocycles. The summed E-state index contributed by atoms with van der Waals surface area (Å²) in [5.74, 6) is -0.240. The predicted molar refractivity (Wildman–Crippen MR) is 92.6 cm³/mol. The van der Waals surface area contributed by atoms with Crippen LogP contribution in [-0.2, 0) is 17.5 Å². The summed E-state index contributed by atoms with van der Waals surface area (Å²) in [7, 11) is 0. The summed E-state index contributed by atoms with van der Waals surface area (Å²) in [4.78, 5) is 14.1. The van der Waals surface area contributed by atoms with Crippen LogP contribution < -0.4 is 0 Å². The molecular formula is C20H20F3NO. The van der Waals surface area contributed by atoms with Crippen molar-refractivity contribution in [1.82, 2.24) is 4.90 Å². The number of hydrogen-bond donors (Lipinski definition) is 0. The minimum atomic E-state index is -4.40. The Balaban J connectivity index is 2.14. The van der Waals surface area contributed by atoms with E-state index in [9.17, 15) is 18.0 Å². The molecule has 132 valence electrons. The lowest BCUT2D eigenvalue weighted by molar-refractivity contribution is -0.137. The first-order valence-electron chi connectivity index (χ1n) is 7.97. The van der Waals surface area contributed by atoms with Crippen LogP contribution in [0.15, 0.2) is 60.7 Å². The highest BCUT2D eigenvalue weighted by Crippen LogP contribution is 2.29. The van der Waals surface area contributed by atoms with E-state index in [0.717, 1.165) is 17.7 Å². The van der Waals surface area contributed by atoms with E-state index in [1.54, 1.807) is 4.90 Å². The molecule has 5 heteroatoms. The first-order chi connectivity index (χ1) is 11.8. The van der Waals surface area contributed by atoms with Gasteiger partial charge in [-0.3, -0.25) is 4.79 Å². The molecule has 1 amide bonds. The summed E-state index contributed by atoms with van der Waals surface area (Å²) in [6.07, 6.45) is -1.67. The average molecular weight is 347 g/mol. The van der Waals surface area contributed by atoms with Gasteiger partial charge in [0.25, 0.3) is 0 Å². The van der Waals surface area contributed by atoms with Gasteiger partial charge in [0, 0.05) is 18.7 Å². The van der Waals surface area contributed by atoms with E-state index in [1.807, 2.05) is 44.2 Å². The lowest BCUT2D eigenvalue weighted by Crippen LogP contribution is -2.35. The van der Waals surface area contributed by atoms with E-state index in [1.165, 1.54) is 24.3 Å². The van der Waals surface area contributed by atoms with Crippen molar-refractivity contribution >= 4 is 12.0 Å². The van der Waals surface area contributed by atoms with Gasteiger partial charge in [0.05, 0.1) is 5.56 Å². The quantitative estimate of drug-likeness (QED) is 0.685. The molecule has 0 aliphatic carbocycles. The minimum absolute atomic E-state index is 0.0288. The molecule has 0 atom stereocenters. The fourth-order valence-electron chi connectivity index (χ4n) is 2.38. The van der Waals surface area contributed by atoms with Crippen molar-refractivity contribution in [1.29, 1.82) is 0 Å². The fourth-order valence-corrected chi connectivity index (χ4v) is 2.38. The Morgan fingerprint density at radius 1 is 1.08 bits per heavy atom. The van der Waals surface area contributed by atoms with Gasteiger partial charge in [-0.2, -0.15) is 13.2 Å². The van der Waals surface area contributed by atoms with Crippen molar-refractivity contribution in [2.45, 2.75) is 32.6 Å². The zero-order chi connectivity index (χ0) is 18.4. The highest BCUT2D eigenvalue weighted by molar-refractivity contribution is 5.92. The zero-order valence-corrected chi connectivity index (χ0v) is 14.1. The Hall–Kier alpha value is -2.56. The molecule has 2 aromatic rings. The van der Waals surface area contributed by atoms with Crippen LogP contribution >= 0.6 is 0 Å². The van der Waals surface area contributed by atoms with Crippen LogP contribution in [0.1, 0.15) is 30.5 Å². The summed E-state index contributed by atoms with van der Waals surface area (Å²) < 4.78 is 38.2. The van der Waals surface area contributed by atoms with E-state index >= 15 is 0 Å². The molecule has 0 radical (unpaired) electrons. The average Bonchev–Trinajstić information content (AvgIpc) is 2.58.